The van der Waals surface area contributed by atoms with Crippen LogP contribution < -0.4 is 5.73 Å². The Balaban J connectivity index is 1.49. The van der Waals surface area contributed by atoms with Gasteiger partial charge in [-0.2, -0.15) is 5.10 Å². The summed E-state index contributed by atoms with van der Waals surface area (Å²) in [7, 11) is 0. The molecule has 2 aromatic rings. The molecule has 2 aliphatic carbocycles. The lowest BCUT2D eigenvalue weighted by Gasteiger charge is -2.37. The second-order valence-corrected chi connectivity index (χ2v) is 9.03. The standard InChI is InChI=1S/C23H33N5O2/c1-4-16-5-7-17(8-6-16)27(18-9-10-18)21(29)12-11-19-14(2)26-23-20(22(24)30)13-25-28(23)15(19)3/h13,16-18H,4-12H2,1-3H3,(H2,24,30). The van der Waals surface area contributed by atoms with E-state index in [0.717, 1.165) is 48.6 Å². The summed E-state index contributed by atoms with van der Waals surface area (Å²) in [5, 5.41) is 4.29. The lowest BCUT2D eigenvalue weighted by Crippen LogP contribution is -2.44. The summed E-state index contributed by atoms with van der Waals surface area (Å²) in [5.74, 6) is 0.576. The quantitative estimate of drug-likeness (QED) is 0.756. The Labute approximate surface area is 178 Å². The number of rotatable bonds is 7. The van der Waals surface area contributed by atoms with E-state index in [9.17, 15) is 9.59 Å². The molecule has 7 heteroatoms. The molecule has 2 fully saturated rings. The van der Waals surface area contributed by atoms with Crippen LogP contribution in [0.15, 0.2) is 6.20 Å². The predicted octanol–water partition coefficient (Wildman–Crippen LogP) is 3.34. The topological polar surface area (TPSA) is 93.6 Å². The van der Waals surface area contributed by atoms with E-state index in [-0.39, 0.29) is 5.91 Å². The molecule has 2 aliphatic rings. The van der Waals surface area contributed by atoms with E-state index in [1.807, 2.05) is 13.8 Å². The van der Waals surface area contributed by atoms with Crippen LogP contribution in [0.5, 0.6) is 0 Å². The van der Waals surface area contributed by atoms with Crippen LogP contribution in [-0.4, -0.2) is 43.4 Å². The molecule has 0 atom stereocenters. The van der Waals surface area contributed by atoms with Gasteiger partial charge in [0.1, 0.15) is 5.56 Å². The van der Waals surface area contributed by atoms with Crippen LogP contribution in [0.1, 0.15) is 85.6 Å². The van der Waals surface area contributed by atoms with Gasteiger partial charge in [0, 0.05) is 29.9 Å². The number of hydrogen-bond donors (Lipinski definition) is 1. The van der Waals surface area contributed by atoms with E-state index >= 15 is 0 Å². The number of hydrogen-bond acceptors (Lipinski definition) is 4. The maximum Gasteiger partial charge on any atom is 0.254 e. The monoisotopic (exact) mass is 411 g/mol. The molecule has 0 unspecified atom stereocenters. The predicted molar refractivity (Wildman–Crippen MR) is 115 cm³/mol. The van der Waals surface area contributed by atoms with Crippen LogP contribution in [0.3, 0.4) is 0 Å². The van der Waals surface area contributed by atoms with E-state index in [1.54, 1.807) is 4.52 Å². The third-order valence-corrected chi connectivity index (χ3v) is 7.08. The van der Waals surface area contributed by atoms with Gasteiger partial charge in [0.25, 0.3) is 5.91 Å². The van der Waals surface area contributed by atoms with E-state index in [4.69, 9.17) is 5.73 Å². The summed E-state index contributed by atoms with van der Waals surface area (Å²) < 4.78 is 1.66. The molecule has 2 aromatic heterocycles. The summed E-state index contributed by atoms with van der Waals surface area (Å²) in [6.45, 7) is 6.16. The molecule has 7 nitrogen and oxygen atoms in total. The lowest BCUT2D eigenvalue weighted by molar-refractivity contribution is -0.135. The molecule has 2 N–H and O–H groups in total. The first-order valence-electron chi connectivity index (χ1n) is 11.4. The number of carbonyl (C=O) groups excluding carboxylic acids is 2. The number of primary amides is 1. The maximum atomic E-state index is 13.2. The highest BCUT2D eigenvalue weighted by Crippen LogP contribution is 2.36. The van der Waals surface area contributed by atoms with Gasteiger partial charge in [-0.15, -0.1) is 0 Å². The van der Waals surface area contributed by atoms with Crippen molar-refractivity contribution in [2.24, 2.45) is 11.7 Å². The molecule has 4 rings (SSSR count). The Bertz CT molecular complexity index is 954. The Kier molecular flexibility index (Phi) is 5.80. The summed E-state index contributed by atoms with van der Waals surface area (Å²) in [6, 6.07) is 0.868. The number of fused-ring (bicyclic) bond motifs is 1. The highest BCUT2D eigenvalue weighted by atomic mass is 16.2. The zero-order valence-electron chi connectivity index (χ0n) is 18.4. The van der Waals surface area contributed by atoms with Crippen LogP contribution in [0.4, 0.5) is 0 Å². The van der Waals surface area contributed by atoms with Crippen molar-refractivity contribution in [1.29, 1.82) is 0 Å². The van der Waals surface area contributed by atoms with Crippen molar-refractivity contribution < 1.29 is 9.59 Å². The summed E-state index contributed by atoms with van der Waals surface area (Å²) in [6.07, 6.45) is 10.9. The average Bonchev–Trinajstić information content (AvgIpc) is 3.46. The average molecular weight is 412 g/mol. The van der Waals surface area contributed by atoms with E-state index in [1.165, 1.54) is 25.5 Å². The molecule has 0 radical (unpaired) electrons. The molecule has 0 aromatic carbocycles. The number of nitrogens with zero attached hydrogens (tertiary/aromatic N) is 4. The minimum Gasteiger partial charge on any atom is -0.365 e. The van der Waals surface area contributed by atoms with Crippen LogP contribution in [-0.2, 0) is 11.2 Å². The summed E-state index contributed by atoms with van der Waals surface area (Å²) in [5.41, 5.74) is 9.02. The molecule has 0 saturated heterocycles. The van der Waals surface area contributed by atoms with Gasteiger partial charge < -0.3 is 10.6 Å². The molecule has 0 bridgehead atoms. The van der Waals surface area contributed by atoms with Crippen LogP contribution in [0.2, 0.25) is 0 Å². The summed E-state index contributed by atoms with van der Waals surface area (Å²) >= 11 is 0. The largest absolute Gasteiger partial charge is 0.365 e. The van der Waals surface area contributed by atoms with Gasteiger partial charge in [0.2, 0.25) is 5.91 Å². The summed E-state index contributed by atoms with van der Waals surface area (Å²) in [4.78, 5) is 31.7. The Morgan fingerprint density at radius 3 is 2.33 bits per heavy atom. The number of amides is 2. The first kappa shape index (κ1) is 20.8. The zero-order chi connectivity index (χ0) is 21.4. The van der Waals surface area contributed by atoms with Crippen LogP contribution >= 0.6 is 0 Å². The van der Waals surface area contributed by atoms with Gasteiger partial charge in [-0.1, -0.05) is 13.3 Å². The third kappa shape index (κ3) is 3.94. The van der Waals surface area contributed by atoms with Crippen molar-refractivity contribution in [3.8, 4) is 0 Å². The van der Waals surface area contributed by atoms with Crippen molar-refractivity contribution in [2.75, 3.05) is 0 Å². The van der Waals surface area contributed by atoms with Gasteiger partial charge in [-0.05, 0) is 70.3 Å². The fourth-order valence-corrected chi connectivity index (χ4v) is 5.10. The Hall–Kier alpha value is -2.44. The zero-order valence-corrected chi connectivity index (χ0v) is 18.4. The fourth-order valence-electron chi connectivity index (χ4n) is 5.10. The van der Waals surface area contributed by atoms with Crippen molar-refractivity contribution in [3.63, 3.8) is 0 Å². The first-order chi connectivity index (χ1) is 14.4. The number of aryl methyl sites for hydroxylation is 2. The highest BCUT2D eigenvalue weighted by molar-refractivity contribution is 5.98. The number of aromatic nitrogens is 3. The van der Waals surface area contributed by atoms with Crippen molar-refractivity contribution in [2.45, 2.75) is 90.6 Å². The normalized spacial score (nSPS) is 21.7. The molecule has 2 heterocycles. The van der Waals surface area contributed by atoms with Crippen molar-refractivity contribution in [1.82, 2.24) is 19.5 Å². The van der Waals surface area contributed by atoms with E-state index in [2.05, 4.69) is 21.9 Å². The number of nitrogens with two attached hydrogens (primary N) is 1. The second kappa shape index (κ2) is 8.36. The maximum absolute atomic E-state index is 13.2. The Morgan fingerprint density at radius 2 is 1.77 bits per heavy atom. The Morgan fingerprint density at radius 1 is 1.13 bits per heavy atom. The van der Waals surface area contributed by atoms with Crippen LogP contribution in [0.25, 0.3) is 5.65 Å². The second-order valence-electron chi connectivity index (χ2n) is 9.03. The molecule has 0 aliphatic heterocycles. The fraction of sp³-hybridized carbons (Fsp3) is 0.652. The molecule has 30 heavy (non-hydrogen) atoms. The van der Waals surface area contributed by atoms with Gasteiger partial charge in [-0.3, -0.25) is 9.59 Å². The molecule has 162 valence electrons. The lowest BCUT2D eigenvalue weighted by atomic mass is 9.83. The van der Waals surface area contributed by atoms with Gasteiger partial charge in [-0.25, -0.2) is 9.50 Å². The molecule has 2 saturated carbocycles. The molecule has 0 spiro atoms. The van der Waals surface area contributed by atoms with E-state index < -0.39 is 5.91 Å². The van der Waals surface area contributed by atoms with Crippen LogP contribution in [0, 0.1) is 19.8 Å². The molecule has 2 amide bonds. The highest BCUT2D eigenvalue weighted by Gasteiger charge is 2.38. The van der Waals surface area contributed by atoms with Gasteiger partial charge in [0.05, 0.1) is 6.20 Å². The van der Waals surface area contributed by atoms with Gasteiger partial charge in [0.15, 0.2) is 5.65 Å². The molecular weight excluding hydrogens is 378 g/mol. The van der Waals surface area contributed by atoms with E-state index in [0.29, 0.717) is 36.1 Å². The molecular formula is C23H33N5O2. The SMILES string of the molecule is CCC1CCC(N(C(=O)CCc2c(C)nc3c(C(N)=O)cnn3c2C)C2CC2)CC1. The van der Waals surface area contributed by atoms with Crippen molar-refractivity contribution in [3.05, 3.63) is 28.7 Å². The smallest absolute Gasteiger partial charge is 0.254 e. The van der Waals surface area contributed by atoms with Crippen molar-refractivity contribution >= 4 is 17.5 Å². The minimum absolute atomic E-state index is 0.273. The number of carbonyl (C=O) groups is 2. The van der Waals surface area contributed by atoms with Gasteiger partial charge >= 0.3 is 0 Å². The third-order valence-electron chi connectivity index (χ3n) is 7.08. The first-order valence-corrected chi connectivity index (χ1v) is 11.4. The minimum atomic E-state index is -0.530.